The summed E-state index contributed by atoms with van der Waals surface area (Å²) < 4.78 is 37.5. The summed E-state index contributed by atoms with van der Waals surface area (Å²) in [4.78, 5) is 5.57. The van der Waals surface area contributed by atoms with Gasteiger partial charge in [-0.05, 0) is 19.4 Å². The van der Waals surface area contributed by atoms with E-state index >= 15 is 0 Å². The molecule has 1 aromatic heterocycles. The van der Waals surface area contributed by atoms with E-state index in [2.05, 4.69) is 17.2 Å². The Balaban J connectivity index is 2.63. The van der Waals surface area contributed by atoms with E-state index in [-0.39, 0.29) is 0 Å². The summed E-state index contributed by atoms with van der Waals surface area (Å²) in [6, 6.07) is 0. The van der Waals surface area contributed by atoms with Crippen LogP contribution < -0.4 is 10.2 Å². The summed E-state index contributed by atoms with van der Waals surface area (Å²) in [5, 5.41) is 5.46. The first kappa shape index (κ1) is 16.2. The van der Waals surface area contributed by atoms with Gasteiger partial charge in [-0.1, -0.05) is 13.8 Å². The number of nitrogens with one attached hydrogen (secondary N) is 1. The van der Waals surface area contributed by atoms with Crippen LogP contribution in [0.3, 0.4) is 0 Å². The van der Waals surface area contributed by atoms with Crippen LogP contribution in [0.2, 0.25) is 0 Å². The van der Waals surface area contributed by atoms with E-state index < -0.39 is 12.7 Å². The fourth-order valence-corrected chi connectivity index (χ4v) is 2.50. The largest absolute Gasteiger partial charge is 0.406 e. The van der Waals surface area contributed by atoms with Gasteiger partial charge in [-0.3, -0.25) is 0 Å². The van der Waals surface area contributed by atoms with E-state index in [0.29, 0.717) is 24.6 Å². The van der Waals surface area contributed by atoms with Crippen molar-refractivity contribution >= 4 is 16.5 Å². The van der Waals surface area contributed by atoms with E-state index in [1.54, 1.807) is 0 Å². The van der Waals surface area contributed by atoms with Crippen molar-refractivity contribution in [3.8, 4) is 0 Å². The van der Waals surface area contributed by atoms with Crippen molar-refractivity contribution in [3.05, 3.63) is 11.1 Å². The quantitative estimate of drug-likeness (QED) is 0.745. The topological polar surface area (TPSA) is 28.2 Å². The van der Waals surface area contributed by atoms with Gasteiger partial charge in [0.1, 0.15) is 6.54 Å². The van der Waals surface area contributed by atoms with Crippen LogP contribution in [0, 0.1) is 0 Å². The molecule has 1 N–H and O–H groups in total. The summed E-state index contributed by atoms with van der Waals surface area (Å²) in [7, 11) is 0. The predicted molar refractivity (Wildman–Crippen MR) is 72.7 cm³/mol. The van der Waals surface area contributed by atoms with Crippen LogP contribution in [0.25, 0.3) is 0 Å². The molecule has 19 heavy (non-hydrogen) atoms. The van der Waals surface area contributed by atoms with Crippen LogP contribution in [0.15, 0.2) is 5.38 Å². The molecule has 7 heteroatoms. The van der Waals surface area contributed by atoms with Crippen molar-refractivity contribution in [2.75, 3.05) is 24.5 Å². The van der Waals surface area contributed by atoms with Crippen LogP contribution in [0.4, 0.5) is 18.3 Å². The zero-order chi connectivity index (χ0) is 14.3. The van der Waals surface area contributed by atoms with E-state index in [1.165, 1.54) is 16.2 Å². The van der Waals surface area contributed by atoms with Gasteiger partial charge in [0.05, 0.1) is 5.69 Å². The van der Waals surface area contributed by atoms with Crippen LogP contribution in [-0.2, 0) is 6.54 Å². The molecule has 0 atom stereocenters. The molecule has 0 saturated carbocycles. The Hall–Kier alpha value is -0.820. The van der Waals surface area contributed by atoms with Gasteiger partial charge in [0.2, 0.25) is 0 Å². The van der Waals surface area contributed by atoms with Crippen LogP contribution in [-0.4, -0.2) is 30.8 Å². The Morgan fingerprint density at radius 2 is 2.05 bits per heavy atom. The van der Waals surface area contributed by atoms with E-state index in [9.17, 15) is 13.2 Å². The minimum Gasteiger partial charge on any atom is -0.339 e. The van der Waals surface area contributed by atoms with Gasteiger partial charge in [0.15, 0.2) is 5.13 Å². The first-order chi connectivity index (χ1) is 8.96. The summed E-state index contributed by atoms with van der Waals surface area (Å²) in [6.07, 6.45) is -2.51. The number of hydrogen-bond acceptors (Lipinski definition) is 4. The molecule has 1 rings (SSSR count). The second-order valence-corrected chi connectivity index (χ2v) is 5.17. The normalized spacial score (nSPS) is 11.8. The van der Waals surface area contributed by atoms with E-state index in [4.69, 9.17) is 0 Å². The third-order valence-electron chi connectivity index (χ3n) is 2.41. The number of rotatable bonds is 8. The second-order valence-electron chi connectivity index (χ2n) is 4.33. The maximum Gasteiger partial charge on any atom is 0.406 e. The smallest absolute Gasteiger partial charge is 0.339 e. The Bertz CT molecular complexity index is 365. The highest BCUT2D eigenvalue weighted by atomic mass is 32.1. The average molecular weight is 295 g/mol. The Morgan fingerprint density at radius 1 is 1.32 bits per heavy atom. The Morgan fingerprint density at radius 3 is 2.63 bits per heavy atom. The monoisotopic (exact) mass is 295 g/mol. The molecule has 0 unspecified atom stereocenters. The number of alkyl halides is 3. The molecule has 0 amide bonds. The first-order valence-electron chi connectivity index (χ1n) is 6.43. The zero-order valence-electron chi connectivity index (χ0n) is 11.3. The molecule has 0 spiro atoms. The van der Waals surface area contributed by atoms with Crippen molar-refractivity contribution in [3.63, 3.8) is 0 Å². The van der Waals surface area contributed by atoms with Crippen molar-refractivity contribution in [2.24, 2.45) is 0 Å². The molecular weight excluding hydrogens is 275 g/mol. The van der Waals surface area contributed by atoms with Gasteiger partial charge < -0.3 is 10.2 Å². The Kier molecular flexibility index (Phi) is 6.57. The minimum absolute atomic E-state index is 0.370. The molecule has 0 radical (unpaired) electrons. The highest BCUT2D eigenvalue weighted by Gasteiger charge is 2.31. The molecule has 0 bridgehead atoms. The van der Waals surface area contributed by atoms with Crippen molar-refractivity contribution in [2.45, 2.75) is 39.4 Å². The van der Waals surface area contributed by atoms with Gasteiger partial charge in [0.25, 0.3) is 0 Å². The zero-order valence-corrected chi connectivity index (χ0v) is 12.1. The van der Waals surface area contributed by atoms with Crippen molar-refractivity contribution in [1.29, 1.82) is 0 Å². The van der Waals surface area contributed by atoms with Gasteiger partial charge in [-0.25, -0.2) is 4.98 Å². The summed E-state index contributed by atoms with van der Waals surface area (Å²) in [5.74, 6) is 0. The molecular formula is C12H20F3N3S. The molecule has 110 valence electrons. The van der Waals surface area contributed by atoms with Gasteiger partial charge >= 0.3 is 6.18 Å². The highest BCUT2D eigenvalue weighted by Crippen LogP contribution is 2.25. The molecule has 0 aliphatic rings. The fourth-order valence-electron chi connectivity index (χ4n) is 1.64. The lowest BCUT2D eigenvalue weighted by molar-refractivity contribution is -0.119. The maximum atomic E-state index is 12.5. The summed E-state index contributed by atoms with van der Waals surface area (Å²) >= 11 is 1.27. The number of aromatic nitrogens is 1. The van der Waals surface area contributed by atoms with Crippen LogP contribution in [0.1, 0.15) is 32.4 Å². The van der Waals surface area contributed by atoms with Crippen molar-refractivity contribution in [1.82, 2.24) is 10.3 Å². The van der Waals surface area contributed by atoms with Crippen molar-refractivity contribution < 1.29 is 13.2 Å². The third-order valence-corrected chi connectivity index (χ3v) is 3.36. The maximum absolute atomic E-state index is 12.5. The van der Waals surface area contributed by atoms with Gasteiger partial charge in [0, 0.05) is 18.5 Å². The molecule has 1 aromatic rings. The fraction of sp³-hybridized carbons (Fsp3) is 0.750. The lowest BCUT2D eigenvalue weighted by atomic mass is 10.4. The molecule has 0 aromatic carbocycles. The number of hydrogen-bond donors (Lipinski definition) is 1. The summed E-state index contributed by atoms with van der Waals surface area (Å²) in [5.41, 5.74) is 0.803. The molecule has 0 fully saturated rings. The molecule has 0 aliphatic heterocycles. The Labute approximate surface area is 115 Å². The molecule has 0 aliphatic carbocycles. The third kappa shape index (κ3) is 6.24. The molecule has 3 nitrogen and oxygen atoms in total. The summed E-state index contributed by atoms with van der Waals surface area (Å²) in [6.45, 7) is 4.85. The predicted octanol–water partition coefficient (Wildman–Crippen LogP) is 3.42. The standard InChI is InChI=1S/C12H20F3N3S/c1-3-5-16-7-10-8-19-11(17-10)18(6-4-2)9-12(13,14)15/h8,16H,3-7,9H2,1-2H3. The number of thiazole rings is 1. The van der Waals surface area contributed by atoms with Crippen LogP contribution >= 0.6 is 11.3 Å². The van der Waals surface area contributed by atoms with Crippen LogP contribution in [0.5, 0.6) is 0 Å². The SMILES string of the molecule is CCCNCc1csc(N(CCC)CC(F)(F)F)n1. The minimum atomic E-state index is -4.19. The first-order valence-corrected chi connectivity index (χ1v) is 7.31. The number of nitrogens with zero attached hydrogens (tertiary/aromatic N) is 2. The lowest BCUT2D eigenvalue weighted by Gasteiger charge is -2.22. The van der Waals surface area contributed by atoms with E-state index in [0.717, 1.165) is 18.7 Å². The van der Waals surface area contributed by atoms with E-state index in [1.807, 2.05) is 12.3 Å². The second kappa shape index (κ2) is 7.69. The lowest BCUT2D eigenvalue weighted by Crippen LogP contribution is -2.34. The highest BCUT2D eigenvalue weighted by molar-refractivity contribution is 7.13. The molecule has 0 saturated heterocycles. The molecule has 1 heterocycles. The average Bonchev–Trinajstić information content (AvgIpc) is 2.76. The van der Waals surface area contributed by atoms with Gasteiger partial charge in [-0.2, -0.15) is 13.2 Å². The number of anilines is 1. The number of halogens is 3. The van der Waals surface area contributed by atoms with Gasteiger partial charge in [-0.15, -0.1) is 11.3 Å².